The highest BCUT2D eigenvalue weighted by Gasteiger charge is 2.02. The molecule has 3 heteroatoms. The first-order chi connectivity index (χ1) is 5.77. The molecule has 0 radical (unpaired) electrons. The van der Waals surface area contributed by atoms with Gasteiger partial charge in [-0.2, -0.15) is 0 Å². The lowest BCUT2D eigenvalue weighted by Crippen LogP contribution is -2.19. The molecule has 0 fully saturated rings. The molecule has 0 aromatic heterocycles. The molecular formula is C9H13NO2. The number of hydrogen-bond acceptors (Lipinski definition) is 3. The summed E-state index contributed by atoms with van der Waals surface area (Å²) >= 11 is 0. The summed E-state index contributed by atoms with van der Waals surface area (Å²) in [5.41, 5.74) is 2.06. The Bertz CT molecular complexity index is 246. The van der Waals surface area contributed by atoms with Gasteiger partial charge < -0.3 is 0 Å². The van der Waals surface area contributed by atoms with Gasteiger partial charge in [0.05, 0.1) is 19.9 Å². The number of hydrogen-bond donors (Lipinski definition) is 0. The molecule has 0 aliphatic heterocycles. The van der Waals surface area contributed by atoms with Crippen LogP contribution in [0, 0.1) is 6.92 Å². The Hall–Kier alpha value is -1.06. The molecule has 66 valence electrons. The monoisotopic (exact) mass is 167 g/mol. The van der Waals surface area contributed by atoms with Gasteiger partial charge in [-0.15, -0.1) is 5.23 Å². The Morgan fingerprint density at radius 3 is 2.33 bits per heavy atom. The largest absolute Gasteiger partial charge is 0.252 e. The molecule has 1 aromatic carbocycles. The van der Waals surface area contributed by atoms with Gasteiger partial charge >= 0.3 is 0 Å². The molecule has 0 heterocycles. The van der Waals surface area contributed by atoms with Crippen LogP contribution in [0.15, 0.2) is 24.3 Å². The normalized spacial score (nSPS) is 9.92. The van der Waals surface area contributed by atoms with Gasteiger partial charge in [0.2, 0.25) is 0 Å². The summed E-state index contributed by atoms with van der Waals surface area (Å²) in [6, 6.07) is 7.87. The Labute approximate surface area is 72.4 Å². The van der Waals surface area contributed by atoms with Crippen molar-refractivity contribution in [3.8, 4) is 0 Å². The zero-order chi connectivity index (χ0) is 8.97. The number of rotatable bonds is 3. The third-order valence-corrected chi connectivity index (χ3v) is 1.54. The van der Waals surface area contributed by atoms with E-state index in [0.717, 1.165) is 5.69 Å². The molecule has 0 N–H and O–H groups in total. The third-order valence-electron chi connectivity index (χ3n) is 1.54. The second kappa shape index (κ2) is 4.09. The van der Waals surface area contributed by atoms with E-state index < -0.39 is 0 Å². The van der Waals surface area contributed by atoms with Gasteiger partial charge in [-0.1, -0.05) is 12.1 Å². The average molecular weight is 167 g/mol. The van der Waals surface area contributed by atoms with E-state index >= 15 is 0 Å². The van der Waals surface area contributed by atoms with E-state index in [9.17, 15) is 0 Å². The fourth-order valence-corrected chi connectivity index (χ4v) is 1.03. The van der Waals surface area contributed by atoms with Crippen molar-refractivity contribution in [2.75, 3.05) is 19.4 Å². The molecule has 0 saturated carbocycles. The first kappa shape index (κ1) is 9.03. The molecular weight excluding hydrogens is 154 g/mol. The van der Waals surface area contributed by atoms with Crippen LogP contribution in [0.4, 0.5) is 5.69 Å². The van der Waals surface area contributed by atoms with Gasteiger partial charge in [0.25, 0.3) is 0 Å². The molecule has 0 spiro atoms. The molecule has 3 nitrogen and oxygen atoms in total. The van der Waals surface area contributed by atoms with E-state index in [-0.39, 0.29) is 0 Å². The first-order valence-electron chi connectivity index (χ1n) is 3.73. The van der Waals surface area contributed by atoms with Crippen molar-refractivity contribution >= 4 is 5.69 Å². The fraction of sp³-hybridized carbons (Fsp3) is 0.333. The van der Waals surface area contributed by atoms with E-state index in [4.69, 9.17) is 9.68 Å². The minimum Gasteiger partial charge on any atom is -0.252 e. The minimum atomic E-state index is 0.889. The van der Waals surface area contributed by atoms with Gasteiger partial charge in [0, 0.05) is 0 Å². The highest BCUT2D eigenvalue weighted by Crippen LogP contribution is 2.15. The van der Waals surface area contributed by atoms with Crippen LogP contribution < -0.4 is 5.23 Å². The van der Waals surface area contributed by atoms with Crippen molar-refractivity contribution < 1.29 is 9.68 Å². The van der Waals surface area contributed by atoms with Crippen LogP contribution in [0.25, 0.3) is 0 Å². The summed E-state index contributed by atoms with van der Waals surface area (Å²) in [6.45, 7) is 2.02. The van der Waals surface area contributed by atoms with Crippen molar-refractivity contribution in [2.24, 2.45) is 0 Å². The van der Waals surface area contributed by atoms with E-state index in [1.807, 2.05) is 31.2 Å². The Morgan fingerprint density at radius 1 is 1.17 bits per heavy atom. The topological polar surface area (TPSA) is 21.7 Å². The summed E-state index contributed by atoms with van der Waals surface area (Å²) in [7, 11) is 3.12. The van der Waals surface area contributed by atoms with E-state index in [2.05, 4.69) is 0 Å². The molecule has 1 aromatic rings. The minimum absolute atomic E-state index is 0.889. The van der Waals surface area contributed by atoms with E-state index in [1.165, 1.54) is 10.8 Å². The molecule has 0 bridgehead atoms. The van der Waals surface area contributed by atoms with Gasteiger partial charge in [0.15, 0.2) is 0 Å². The SMILES string of the molecule is CON(OC)c1cccc(C)c1. The van der Waals surface area contributed by atoms with Crippen LogP contribution in [0.5, 0.6) is 0 Å². The molecule has 0 aliphatic rings. The lowest BCUT2D eigenvalue weighted by atomic mass is 10.2. The molecule has 1 rings (SSSR count). The molecule has 0 aliphatic carbocycles. The summed E-state index contributed by atoms with van der Waals surface area (Å²) in [5.74, 6) is 0. The predicted molar refractivity (Wildman–Crippen MR) is 47.7 cm³/mol. The lowest BCUT2D eigenvalue weighted by molar-refractivity contribution is -0.0433. The number of anilines is 1. The highest BCUT2D eigenvalue weighted by molar-refractivity contribution is 5.43. The zero-order valence-electron chi connectivity index (χ0n) is 7.57. The van der Waals surface area contributed by atoms with E-state index in [1.54, 1.807) is 14.2 Å². The van der Waals surface area contributed by atoms with Crippen LogP contribution in [0.1, 0.15) is 5.56 Å². The maximum absolute atomic E-state index is 4.95. The number of aryl methyl sites for hydroxylation is 1. The van der Waals surface area contributed by atoms with Gasteiger partial charge in [-0.25, -0.2) is 0 Å². The molecule has 12 heavy (non-hydrogen) atoms. The Balaban J connectivity index is 2.85. The maximum Gasteiger partial charge on any atom is 0.0949 e. The fourth-order valence-electron chi connectivity index (χ4n) is 1.03. The first-order valence-corrected chi connectivity index (χ1v) is 3.73. The standard InChI is InChI=1S/C9H13NO2/c1-8-5-4-6-9(7-8)10(11-2)12-3/h4-7H,1-3H3. The summed E-state index contributed by atoms with van der Waals surface area (Å²) in [4.78, 5) is 9.90. The zero-order valence-corrected chi connectivity index (χ0v) is 7.57. The van der Waals surface area contributed by atoms with Crippen molar-refractivity contribution in [3.63, 3.8) is 0 Å². The van der Waals surface area contributed by atoms with Crippen LogP contribution in [-0.2, 0) is 9.68 Å². The Morgan fingerprint density at radius 2 is 1.83 bits per heavy atom. The van der Waals surface area contributed by atoms with Gasteiger partial charge in [-0.3, -0.25) is 9.68 Å². The quantitative estimate of drug-likeness (QED) is 0.642. The van der Waals surface area contributed by atoms with Crippen molar-refractivity contribution in [1.29, 1.82) is 0 Å². The maximum atomic E-state index is 4.95. The smallest absolute Gasteiger partial charge is 0.0949 e. The predicted octanol–water partition coefficient (Wildman–Crippen LogP) is 1.92. The van der Waals surface area contributed by atoms with Crippen molar-refractivity contribution in [1.82, 2.24) is 0 Å². The summed E-state index contributed by atoms with van der Waals surface area (Å²) in [6.07, 6.45) is 0. The highest BCUT2D eigenvalue weighted by atomic mass is 16.9. The van der Waals surface area contributed by atoms with Crippen LogP contribution >= 0.6 is 0 Å². The molecule has 0 unspecified atom stereocenters. The van der Waals surface area contributed by atoms with Crippen LogP contribution in [-0.4, -0.2) is 14.2 Å². The van der Waals surface area contributed by atoms with Crippen molar-refractivity contribution in [3.05, 3.63) is 29.8 Å². The molecule has 0 saturated heterocycles. The van der Waals surface area contributed by atoms with Crippen molar-refractivity contribution in [2.45, 2.75) is 6.92 Å². The summed E-state index contributed by atoms with van der Waals surface area (Å²) < 4.78 is 0. The second-order valence-electron chi connectivity index (χ2n) is 2.46. The third kappa shape index (κ3) is 1.96. The van der Waals surface area contributed by atoms with E-state index in [0.29, 0.717) is 0 Å². The second-order valence-corrected chi connectivity index (χ2v) is 2.46. The van der Waals surface area contributed by atoms with Crippen LogP contribution in [0.3, 0.4) is 0 Å². The van der Waals surface area contributed by atoms with Gasteiger partial charge in [-0.05, 0) is 24.6 Å². The van der Waals surface area contributed by atoms with Gasteiger partial charge in [0.1, 0.15) is 0 Å². The average Bonchev–Trinajstić information content (AvgIpc) is 2.07. The van der Waals surface area contributed by atoms with Crippen LogP contribution in [0.2, 0.25) is 0 Å². The molecule has 0 amide bonds. The summed E-state index contributed by atoms with van der Waals surface area (Å²) in [5, 5.41) is 1.35. The Kier molecular flexibility index (Phi) is 3.08. The lowest BCUT2D eigenvalue weighted by Gasteiger charge is -2.17. The molecule has 0 atom stereocenters. The number of benzene rings is 1. The number of nitrogens with zero attached hydrogens (tertiary/aromatic N) is 1.